The van der Waals surface area contributed by atoms with Gasteiger partial charge in [-0.25, -0.2) is 0 Å². The SMILES string of the molecule is CC(=NC(C)c1ccccc1)C(C)(C)CCl. The number of rotatable bonds is 4. The normalized spacial score (nSPS) is 14.9. The highest BCUT2D eigenvalue weighted by Gasteiger charge is 2.20. The summed E-state index contributed by atoms with van der Waals surface area (Å²) in [4.78, 5) is 4.72. The van der Waals surface area contributed by atoms with Crippen molar-refractivity contribution < 1.29 is 0 Å². The van der Waals surface area contributed by atoms with Crippen LogP contribution in [-0.2, 0) is 0 Å². The molecule has 0 radical (unpaired) electrons. The Hall–Kier alpha value is -0.820. The fourth-order valence-electron chi connectivity index (χ4n) is 1.37. The van der Waals surface area contributed by atoms with Crippen molar-refractivity contribution in [1.82, 2.24) is 0 Å². The largest absolute Gasteiger partial charge is 0.286 e. The van der Waals surface area contributed by atoms with Crippen molar-refractivity contribution in [3.8, 4) is 0 Å². The van der Waals surface area contributed by atoms with Crippen LogP contribution in [0.1, 0.15) is 39.3 Å². The number of nitrogens with zero attached hydrogens (tertiary/aromatic N) is 1. The molecule has 1 rings (SSSR count). The summed E-state index contributed by atoms with van der Waals surface area (Å²) >= 11 is 5.94. The summed E-state index contributed by atoms with van der Waals surface area (Å²) in [6, 6.07) is 10.5. The maximum absolute atomic E-state index is 5.94. The highest BCUT2D eigenvalue weighted by atomic mass is 35.5. The Morgan fingerprint density at radius 2 is 1.88 bits per heavy atom. The van der Waals surface area contributed by atoms with Crippen LogP contribution in [0, 0.1) is 5.41 Å². The summed E-state index contributed by atoms with van der Waals surface area (Å²) in [5.74, 6) is 0.601. The third kappa shape index (κ3) is 3.34. The van der Waals surface area contributed by atoms with Crippen molar-refractivity contribution in [2.24, 2.45) is 10.4 Å². The van der Waals surface area contributed by atoms with Crippen LogP contribution in [0.4, 0.5) is 0 Å². The molecule has 88 valence electrons. The molecule has 1 atom stereocenters. The third-order valence-corrected chi connectivity index (χ3v) is 3.65. The summed E-state index contributed by atoms with van der Waals surface area (Å²) in [6.45, 7) is 8.41. The zero-order valence-electron chi connectivity index (χ0n) is 10.5. The molecule has 0 N–H and O–H groups in total. The Balaban J connectivity index is 2.85. The lowest BCUT2D eigenvalue weighted by molar-refractivity contribution is 0.586. The fourth-order valence-corrected chi connectivity index (χ4v) is 1.56. The van der Waals surface area contributed by atoms with Gasteiger partial charge in [0.1, 0.15) is 0 Å². The first-order valence-electron chi connectivity index (χ1n) is 5.63. The van der Waals surface area contributed by atoms with Crippen LogP contribution < -0.4 is 0 Å². The maximum Gasteiger partial charge on any atom is 0.0720 e. The standard InChI is InChI=1S/C14H20ClN/c1-11(13-8-6-5-7-9-13)16-12(2)14(3,4)10-15/h5-9,11H,10H2,1-4H3. The molecular formula is C14H20ClN. The van der Waals surface area contributed by atoms with E-state index in [0.717, 1.165) is 5.71 Å². The molecule has 0 spiro atoms. The summed E-state index contributed by atoms with van der Waals surface area (Å²) < 4.78 is 0. The summed E-state index contributed by atoms with van der Waals surface area (Å²) in [6.07, 6.45) is 0. The average molecular weight is 238 g/mol. The van der Waals surface area contributed by atoms with Gasteiger partial charge in [0.15, 0.2) is 0 Å². The van der Waals surface area contributed by atoms with E-state index in [9.17, 15) is 0 Å². The molecule has 0 aliphatic carbocycles. The molecule has 0 aromatic heterocycles. The predicted molar refractivity (Wildman–Crippen MR) is 72.5 cm³/mol. The number of alkyl halides is 1. The third-order valence-electron chi connectivity index (χ3n) is 2.98. The molecule has 1 nitrogen and oxygen atoms in total. The highest BCUT2D eigenvalue weighted by molar-refractivity contribution is 6.20. The fraction of sp³-hybridized carbons (Fsp3) is 0.500. The van der Waals surface area contributed by atoms with Crippen LogP contribution in [0.25, 0.3) is 0 Å². The minimum atomic E-state index is -0.0232. The molecule has 0 saturated heterocycles. The van der Waals surface area contributed by atoms with E-state index >= 15 is 0 Å². The Morgan fingerprint density at radius 1 is 1.31 bits per heavy atom. The van der Waals surface area contributed by atoms with Gasteiger partial charge in [-0.2, -0.15) is 0 Å². The van der Waals surface area contributed by atoms with Gasteiger partial charge in [-0.1, -0.05) is 44.2 Å². The molecule has 1 aromatic carbocycles. The van der Waals surface area contributed by atoms with Gasteiger partial charge in [0.25, 0.3) is 0 Å². The van der Waals surface area contributed by atoms with Crippen molar-refractivity contribution in [3.05, 3.63) is 35.9 Å². The molecule has 1 aromatic rings. The van der Waals surface area contributed by atoms with E-state index in [-0.39, 0.29) is 11.5 Å². The van der Waals surface area contributed by atoms with Crippen molar-refractivity contribution in [1.29, 1.82) is 0 Å². The predicted octanol–water partition coefficient (Wildman–Crippen LogP) is 4.47. The van der Waals surface area contributed by atoms with Crippen molar-refractivity contribution in [3.63, 3.8) is 0 Å². The molecule has 0 aliphatic rings. The maximum atomic E-state index is 5.94. The van der Waals surface area contributed by atoms with Crippen LogP contribution in [0.2, 0.25) is 0 Å². The second-order valence-electron chi connectivity index (χ2n) is 4.82. The van der Waals surface area contributed by atoms with Gasteiger partial charge >= 0.3 is 0 Å². The van der Waals surface area contributed by atoms with Gasteiger partial charge in [-0.3, -0.25) is 4.99 Å². The summed E-state index contributed by atoms with van der Waals surface area (Å²) in [7, 11) is 0. The molecule has 1 unspecified atom stereocenters. The monoisotopic (exact) mass is 237 g/mol. The minimum Gasteiger partial charge on any atom is -0.286 e. The molecule has 0 fully saturated rings. The number of benzene rings is 1. The van der Waals surface area contributed by atoms with E-state index in [2.05, 4.69) is 39.8 Å². The number of hydrogen-bond donors (Lipinski definition) is 0. The Kier molecular flexibility index (Phi) is 4.55. The molecule has 2 heteroatoms. The van der Waals surface area contributed by atoms with Crippen LogP contribution in [0.15, 0.2) is 35.3 Å². The van der Waals surface area contributed by atoms with Gasteiger partial charge in [-0.15, -0.1) is 11.6 Å². The zero-order valence-corrected chi connectivity index (χ0v) is 11.3. The van der Waals surface area contributed by atoms with E-state index in [1.165, 1.54) is 5.56 Å². The van der Waals surface area contributed by atoms with E-state index in [1.807, 2.05) is 18.2 Å². The topological polar surface area (TPSA) is 12.4 Å². The molecule has 0 amide bonds. The Labute approximate surface area is 104 Å². The summed E-state index contributed by atoms with van der Waals surface area (Å²) in [5.41, 5.74) is 2.33. The first kappa shape index (κ1) is 13.2. The van der Waals surface area contributed by atoms with Gasteiger partial charge < -0.3 is 0 Å². The number of hydrogen-bond acceptors (Lipinski definition) is 1. The molecule has 0 heterocycles. The van der Waals surface area contributed by atoms with Crippen LogP contribution >= 0.6 is 11.6 Å². The first-order chi connectivity index (χ1) is 7.47. The van der Waals surface area contributed by atoms with E-state index in [4.69, 9.17) is 16.6 Å². The van der Waals surface area contributed by atoms with Crippen molar-refractivity contribution >= 4 is 17.3 Å². The first-order valence-corrected chi connectivity index (χ1v) is 6.16. The van der Waals surface area contributed by atoms with Crippen LogP contribution in [0.5, 0.6) is 0 Å². The van der Waals surface area contributed by atoms with Gasteiger partial charge in [-0.05, 0) is 19.4 Å². The lowest BCUT2D eigenvalue weighted by Crippen LogP contribution is -2.24. The second-order valence-corrected chi connectivity index (χ2v) is 5.09. The smallest absolute Gasteiger partial charge is 0.0720 e. The average Bonchev–Trinajstić information content (AvgIpc) is 2.30. The molecule has 0 aliphatic heterocycles. The molecule has 16 heavy (non-hydrogen) atoms. The molecule has 0 bridgehead atoms. The summed E-state index contributed by atoms with van der Waals surface area (Å²) in [5, 5.41) is 0. The highest BCUT2D eigenvalue weighted by Crippen LogP contribution is 2.23. The van der Waals surface area contributed by atoms with Crippen molar-refractivity contribution in [2.45, 2.75) is 33.7 Å². The second kappa shape index (κ2) is 5.49. The van der Waals surface area contributed by atoms with Gasteiger partial charge in [0.2, 0.25) is 0 Å². The van der Waals surface area contributed by atoms with E-state index < -0.39 is 0 Å². The lowest BCUT2D eigenvalue weighted by Gasteiger charge is -2.22. The van der Waals surface area contributed by atoms with E-state index in [1.54, 1.807) is 0 Å². The van der Waals surface area contributed by atoms with Gasteiger partial charge in [0.05, 0.1) is 6.04 Å². The van der Waals surface area contributed by atoms with Gasteiger partial charge in [0, 0.05) is 17.0 Å². The van der Waals surface area contributed by atoms with Crippen LogP contribution in [-0.4, -0.2) is 11.6 Å². The zero-order chi connectivity index (χ0) is 12.2. The van der Waals surface area contributed by atoms with E-state index in [0.29, 0.717) is 5.88 Å². The quantitative estimate of drug-likeness (QED) is 0.541. The van der Waals surface area contributed by atoms with Crippen molar-refractivity contribution in [2.75, 3.05) is 5.88 Å². The Morgan fingerprint density at radius 3 is 2.38 bits per heavy atom. The Bertz CT molecular complexity index is 354. The number of halogens is 1. The lowest BCUT2D eigenvalue weighted by atomic mass is 9.90. The minimum absolute atomic E-state index is 0.0232. The van der Waals surface area contributed by atoms with Crippen LogP contribution in [0.3, 0.4) is 0 Å². The number of aliphatic imine (C=N–C) groups is 1. The molecule has 0 saturated carbocycles. The molecular weight excluding hydrogens is 218 g/mol.